The van der Waals surface area contributed by atoms with Gasteiger partial charge in [-0.3, -0.25) is 4.79 Å². The number of carbonyl (C=O) groups is 1. The molecular weight excluding hydrogens is 199 g/mol. The van der Waals surface area contributed by atoms with Crippen LogP contribution in [0.2, 0.25) is 0 Å². The third kappa shape index (κ3) is 1.93. The first kappa shape index (κ1) is 9.96. The molecule has 0 aromatic heterocycles. The maximum absolute atomic E-state index is 13.3. The summed E-state index contributed by atoms with van der Waals surface area (Å²) in [6.07, 6.45) is 0.709. The molecule has 3 nitrogen and oxygen atoms in total. The first-order valence-corrected chi connectivity index (χ1v) is 4.73. The number of rotatable bonds is 2. The summed E-state index contributed by atoms with van der Waals surface area (Å²) >= 11 is 0. The molecule has 1 aromatic carbocycles. The molecule has 1 fully saturated rings. The molecule has 0 bridgehead atoms. The lowest BCUT2D eigenvalue weighted by molar-refractivity contribution is -0.141. The van der Waals surface area contributed by atoms with Crippen molar-refractivity contribution in [3.63, 3.8) is 0 Å². The van der Waals surface area contributed by atoms with Crippen LogP contribution >= 0.6 is 0 Å². The van der Waals surface area contributed by atoms with Gasteiger partial charge in [0.15, 0.2) is 11.6 Å². The highest BCUT2D eigenvalue weighted by Gasteiger charge is 2.25. The van der Waals surface area contributed by atoms with Crippen LogP contribution in [0, 0.1) is 5.82 Å². The van der Waals surface area contributed by atoms with Crippen molar-refractivity contribution in [3.8, 4) is 5.75 Å². The molecule has 1 unspecified atom stereocenters. The minimum atomic E-state index is -0.432. The fraction of sp³-hybridized carbons (Fsp3) is 0.364. The van der Waals surface area contributed by atoms with Gasteiger partial charge in [0.2, 0.25) is 0 Å². The van der Waals surface area contributed by atoms with Gasteiger partial charge in [-0.25, -0.2) is 4.39 Å². The van der Waals surface area contributed by atoms with Crippen LogP contribution in [-0.4, -0.2) is 13.1 Å². The predicted molar refractivity (Wildman–Crippen MR) is 51.0 cm³/mol. The Kier molecular flexibility index (Phi) is 2.58. The van der Waals surface area contributed by atoms with Crippen LogP contribution < -0.4 is 4.74 Å². The van der Waals surface area contributed by atoms with Crippen LogP contribution in [0.1, 0.15) is 24.5 Å². The molecule has 1 saturated heterocycles. The smallest absolute Gasteiger partial charge is 0.306 e. The van der Waals surface area contributed by atoms with E-state index >= 15 is 0 Å². The van der Waals surface area contributed by atoms with E-state index in [0.717, 1.165) is 0 Å². The van der Waals surface area contributed by atoms with Gasteiger partial charge in [-0.15, -0.1) is 0 Å². The van der Waals surface area contributed by atoms with Gasteiger partial charge in [-0.2, -0.15) is 0 Å². The van der Waals surface area contributed by atoms with E-state index in [0.29, 0.717) is 18.4 Å². The predicted octanol–water partition coefficient (Wildman–Crippen LogP) is 2.21. The summed E-state index contributed by atoms with van der Waals surface area (Å²) < 4.78 is 23.2. The van der Waals surface area contributed by atoms with Gasteiger partial charge >= 0.3 is 5.97 Å². The van der Waals surface area contributed by atoms with Crippen LogP contribution in [0.15, 0.2) is 18.2 Å². The van der Waals surface area contributed by atoms with Crippen molar-refractivity contribution in [2.45, 2.75) is 18.9 Å². The molecule has 0 radical (unpaired) electrons. The van der Waals surface area contributed by atoms with E-state index in [-0.39, 0.29) is 17.8 Å². The van der Waals surface area contributed by atoms with E-state index in [9.17, 15) is 9.18 Å². The van der Waals surface area contributed by atoms with E-state index in [4.69, 9.17) is 9.47 Å². The minimum absolute atomic E-state index is 0.197. The Morgan fingerprint density at radius 3 is 2.87 bits per heavy atom. The van der Waals surface area contributed by atoms with Crippen LogP contribution in [-0.2, 0) is 9.53 Å². The van der Waals surface area contributed by atoms with Gasteiger partial charge in [0.25, 0.3) is 0 Å². The van der Waals surface area contributed by atoms with E-state index < -0.39 is 5.82 Å². The molecule has 0 aliphatic carbocycles. The molecule has 1 aliphatic heterocycles. The number of halogens is 1. The highest BCUT2D eigenvalue weighted by atomic mass is 19.1. The lowest BCUT2D eigenvalue weighted by atomic mass is 10.1. The number of benzene rings is 1. The summed E-state index contributed by atoms with van der Waals surface area (Å²) in [6.45, 7) is 0. The van der Waals surface area contributed by atoms with Crippen molar-refractivity contribution >= 4 is 5.97 Å². The summed E-state index contributed by atoms with van der Waals surface area (Å²) in [5.74, 6) is -0.461. The van der Waals surface area contributed by atoms with Gasteiger partial charge in [0.1, 0.15) is 6.10 Å². The largest absolute Gasteiger partial charge is 0.494 e. The topological polar surface area (TPSA) is 35.5 Å². The standard InChI is InChI=1S/C11H11FO3/c1-14-10-3-2-7(6-8(10)12)9-4-5-11(13)15-9/h2-3,6,9H,4-5H2,1H3. The highest BCUT2D eigenvalue weighted by Crippen LogP contribution is 2.31. The summed E-state index contributed by atoms with van der Waals surface area (Å²) in [5.41, 5.74) is 0.680. The summed E-state index contributed by atoms with van der Waals surface area (Å²) in [7, 11) is 1.41. The monoisotopic (exact) mass is 210 g/mol. The molecule has 1 aromatic rings. The van der Waals surface area contributed by atoms with Crippen molar-refractivity contribution in [2.24, 2.45) is 0 Å². The van der Waals surface area contributed by atoms with Gasteiger partial charge in [0.05, 0.1) is 7.11 Å². The highest BCUT2D eigenvalue weighted by molar-refractivity contribution is 5.71. The second kappa shape index (κ2) is 3.88. The Balaban J connectivity index is 2.22. The van der Waals surface area contributed by atoms with Crippen LogP contribution in [0.5, 0.6) is 5.75 Å². The SMILES string of the molecule is COc1ccc(C2CCC(=O)O2)cc1F. The molecule has 80 valence electrons. The first-order valence-electron chi connectivity index (χ1n) is 4.73. The van der Waals surface area contributed by atoms with Crippen molar-refractivity contribution in [1.29, 1.82) is 0 Å². The molecular formula is C11H11FO3. The van der Waals surface area contributed by atoms with E-state index in [1.54, 1.807) is 6.07 Å². The Morgan fingerprint density at radius 1 is 1.53 bits per heavy atom. The van der Waals surface area contributed by atoms with Crippen molar-refractivity contribution in [3.05, 3.63) is 29.6 Å². The number of carbonyl (C=O) groups excluding carboxylic acids is 1. The number of hydrogen-bond donors (Lipinski definition) is 0. The van der Waals surface area contributed by atoms with Crippen molar-refractivity contribution in [1.82, 2.24) is 0 Å². The first-order chi connectivity index (χ1) is 7.20. The van der Waals surface area contributed by atoms with Gasteiger partial charge in [-0.05, 0) is 24.1 Å². The van der Waals surface area contributed by atoms with Crippen LogP contribution in [0.25, 0.3) is 0 Å². The second-order valence-corrected chi connectivity index (χ2v) is 3.41. The van der Waals surface area contributed by atoms with Crippen molar-refractivity contribution < 1.29 is 18.7 Å². The normalized spacial score (nSPS) is 20.1. The average molecular weight is 210 g/mol. The number of cyclic esters (lactones) is 1. The number of esters is 1. The molecule has 1 heterocycles. The Hall–Kier alpha value is -1.58. The zero-order valence-electron chi connectivity index (χ0n) is 8.33. The number of methoxy groups -OCH3 is 1. The van der Waals surface area contributed by atoms with E-state index in [1.807, 2.05) is 0 Å². The van der Waals surface area contributed by atoms with Gasteiger partial charge in [0, 0.05) is 6.42 Å². The lowest BCUT2D eigenvalue weighted by Crippen LogP contribution is -1.99. The lowest BCUT2D eigenvalue weighted by Gasteiger charge is -2.10. The molecule has 2 rings (SSSR count). The number of ether oxygens (including phenoxy) is 2. The molecule has 15 heavy (non-hydrogen) atoms. The molecule has 1 atom stereocenters. The molecule has 4 heteroatoms. The maximum Gasteiger partial charge on any atom is 0.306 e. The second-order valence-electron chi connectivity index (χ2n) is 3.41. The quantitative estimate of drug-likeness (QED) is 0.702. The molecule has 0 N–H and O–H groups in total. The van der Waals surface area contributed by atoms with E-state index in [1.165, 1.54) is 19.2 Å². The maximum atomic E-state index is 13.3. The Bertz CT molecular complexity index is 389. The average Bonchev–Trinajstić information content (AvgIpc) is 2.65. The van der Waals surface area contributed by atoms with Crippen LogP contribution in [0.4, 0.5) is 4.39 Å². The zero-order chi connectivity index (χ0) is 10.8. The molecule has 0 saturated carbocycles. The van der Waals surface area contributed by atoms with Gasteiger partial charge in [-0.1, -0.05) is 6.07 Å². The fourth-order valence-electron chi connectivity index (χ4n) is 1.64. The van der Waals surface area contributed by atoms with E-state index in [2.05, 4.69) is 0 Å². The third-order valence-electron chi connectivity index (χ3n) is 2.43. The fourth-order valence-corrected chi connectivity index (χ4v) is 1.64. The Morgan fingerprint density at radius 2 is 2.33 bits per heavy atom. The summed E-state index contributed by atoms with van der Waals surface area (Å²) in [6, 6.07) is 4.60. The number of hydrogen-bond acceptors (Lipinski definition) is 3. The molecule has 1 aliphatic rings. The minimum Gasteiger partial charge on any atom is -0.494 e. The third-order valence-corrected chi connectivity index (χ3v) is 2.43. The molecule has 0 spiro atoms. The molecule has 0 amide bonds. The van der Waals surface area contributed by atoms with Gasteiger partial charge < -0.3 is 9.47 Å². The Labute approximate surface area is 86.8 Å². The van der Waals surface area contributed by atoms with Crippen LogP contribution in [0.3, 0.4) is 0 Å². The van der Waals surface area contributed by atoms with Crippen molar-refractivity contribution in [2.75, 3.05) is 7.11 Å². The summed E-state index contributed by atoms with van der Waals surface area (Å²) in [5, 5.41) is 0. The zero-order valence-corrected chi connectivity index (χ0v) is 8.33. The summed E-state index contributed by atoms with van der Waals surface area (Å²) in [4.78, 5) is 10.9.